The van der Waals surface area contributed by atoms with E-state index in [2.05, 4.69) is 22.9 Å². The van der Waals surface area contributed by atoms with Gasteiger partial charge in [-0.15, -0.1) is 0 Å². The van der Waals surface area contributed by atoms with E-state index in [9.17, 15) is 4.79 Å². The first-order valence-corrected chi connectivity index (χ1v) is 6.57. The lowest BCUT2D eigenvalue weighted by atomic mass is 10.2. The van der Waals surface area contributed by atoms with Gasteiger partial charge in [-0.1, -0.05) is 0 Å². The first kappa shape index (κ1) is 15.6. The molecule has 108 valence electrons. The molecule has 5 nitrogen and oxygen atoms in total. The van der Waals surface area contributed by atoms with Gasteiger partial charge in [-0.25, -0.2) is 4.79 Å². The molecule has 1 rings (SSSR count). The van der Waals surface area contributed by atoms with E-state index in [1.54, 1.807) is 0 Å². The molecule has 2 N–H and O–H groups in total. The summed E-state index contributed by atoms with van der Waals surface area (Å²) in [5.41, 5.74) is 0.775. The second-order valence-corrected chi connectivity index (χ2v) is 5.85. The third-order valence-corrected chi connectivity index (χ3v) is 2.50. The summed E-state index contributed by atoms with van der Waals surface area (Å²) in [5.74, 6) is 0. The van der Waals surface area contributed by atoms with Crippen molar-refractivity contribution in [2.24, 2.45) is 7.05 Å². The average molecular weight is 267 g/mol. The Bertz CT molecular complexity index is 407. The second-order valence-electron chi connectivity index (χ2n) is 5.85. The maximum Gasteiger partial charge on any atom is 0.407 e. The zero-order chi connectivity index (χ0) is 14.5. The van der Waals surface area contributed by atoms with Crippen molar-refractivity contribution in [2.45, 2.75) is 45.9 Å². The average Bonchev–Trinajstić information content (AvgIpc) is 2.67. The topological polar surface area (TPSA) is 55.3 Å². The number of nitrogens with one attached hydrogen (secondary N) is 2. The summed E-state index contributed by atoms with van der Waals surface area (Å²) < 4.78 is 7.19. The molecule has 1 atom stereocenters. The third-order valence-electron chi connectivity index (χ3n) is 2.50. The summed E-state index contributed by atoms with van der Waals surface area (Å²) in [6.07, 6.45) is 3.71. The van der Waals surface area contributed by atoms with E-state index in [-0.39, 0.29) is 12.1 Å². The smallest absolute Gasteiger partial charge is 0.407 e. The van der Waals surface area contributed by atoms with Crippen LogP contribution >= 0.6 is 0 Å². The van der Waals surface area contributed by atoms with E-state index in [0.29, 0.717) is 6.54 Å². The van der Waals surface area contributed by atoms with Crippen LogP contribution in [0.15, 0.2) is 18.5 Å². The monoisotopic (exact) mass is 267 g/mol. The number of amides is 1. The Morgan fingerprint density at radius 1 is 1.47 bits per heavy atom. The second kappa shape index (κ2) is 6.61. The van der Waals surface area contributed by atoms with Crippen molar-refractivity contribution in [2.75, 3.05) is 6.54 Å². The minimum Gasteiger partial charge on any atom is -0.444 e. The molecule has 1 heterocycles. The highest BCUT2D eigenvalue weighted by Gasteiger charge is 2.16. The highest BCUT2D eigenvalue weighted by Crippen LogP contribution is 2.06. The van der Waals surface area contributed by atoms with Crippen molar-refractivity contribution in [1.82, 2.24) is 15.2 Å². The highest BCUT2D eigenvalue weighted by atomic mass is 16.6. The van der Waals surface area contributed by atoms with E-state index >= 15 is 0 Å². The minimum atomic E-state index is -0.454. The van der Waals surface area contributed by atoms with E-state index in [4.69, 9.17) is 4.74 Å². The molecule has 0 aliphatic rings. The lowest BCUT2D eigenvalue weighted by molar-refractivity contribution is 0.0523. The number of hydrogen-bond donors (Lipinski definition) is 2. The van der Waals surface area contributed by atoms with Gasteiger partial charge in [0.2, 0.25) is 0 Å². The van der Waals surface area contributed by atoms with Gasteiger partial charge in [-0.3, -0.25) is 0 Å². The van der Waals surface area contributed by atoms with Crippen LogP contribution < -0.4 is 10.6 Å². The van der Waals surface area contributed by atoms with Gasteiger partial charge in [0.05, 0.1) is 0 Å². The Morgan fingerprint density at radius 2 is 2.16 bits per heavy atom. The number of carbonyl (C=O) groups excluding carboxylic acids is 1. The molecule has 0 saturated heterocycles. The molecule has 0 aliphatic carbocycles. The van der Waals surface area contributed by atoms with Crippen LogP contribution in [-0.2, 0) is 18.3 Å². The van der Waals surface area contributed by atoms with Crippen molar-refractivity contribution in [3.05, 3.63) is 24.0 Å². The maximum atomic E-state index is 11.5. The van der Waals surface area contributed by atoms with Gasteiger partial charge >= 0.3 is 6.09 Å². The van der Waals surface area contributed by atoms with E-state index < -0.39 is 5.60 Å². The number of rotatable bonds is 5. The van der Waals surface area contributed by atoms with Gasteiger partial charge in [-0.05, 0) is 39.3 Å². The number of carbonyl (C=O) groups is 1. The first-order chi connectivity index (χ1) is 8.76. The molecule has 0 aliphatic heterocycles. The fourth-order valence-corrected chi connectivity index (χ4v) is 1.58. The largest absolute Gasteiger partial charge is 0.444 e. The first-order valence-electron chi connectivity index (χ1n) is 6.57. The Labute approximate surface area is 115 Å². The Balaban J connectivity index is 2.21. The maximum absolute atomic E-state index is 11.5. The Kier molecular flexibility index (Phi) is 5.42. The normalized spacial score (nSPS) is 13.1. The molecule has 19 heavy (non-hydrogen) atoms. The van der Waals surface area contributed by atoms with Gasteiger partial charge in [0.25, 0.3) is 0 Å². The van der Waals surface area contributed by atoms with Gasteiger partial charge in [0.1, 0.15) is 5.60 Å². The number of alkyl carbamates (subject to hydrolysis) is 1. The summed E-state index contributed by atoms with van der Waals surface area (Å²) in [6.45, 7) is 8.91. The lowest BCUT2D eigenvalue weighted by Gasteiger charge is -2.21. The van der Waals surface area contributed by atoms with Crippen LogP contribution in [0.1, 0.15) is 33.3 Å². The molecule has 1 aromatic heterocycles. The molecule has 1 amide bonds. The summed E-state index contributed by atoms with van der Waals surface area (Å²) in [4.78, 5) is 11.5. The summed E-state index contributed by atoms with van der Waals surface area (Å²) in [6, 6.07) is 2.26. The van der Waals surface area contributed by atoms with Crippen LogP contribution in [0.25, 0.3) is 0 Å². The molecule has 0 spiro atoms. The molecule has 0 radical (unpaired) electrons. The van der Waals surface area contributed by atoms with E-state index in [1.807, 2.05) is 45.5 Å². The quantitative estimate of drug-likeness (QED) is 0.858. The lowest BCUT2D eigenvalue weighted by Crippen LogP contribution is -2.40. The predicted molar refractivity (Wildman–Crippen MR) is 76.0 cm³/mol. The number of nitrogens with zero attached hydrogens (tertiary/aromatic N) is 1. The molecular weight excluding hydrogens is 242 g/mol. The zero-order valence-corrected chi connectivity index (χ0v) is 12.5. The van der Waals surface area contributed by atoms with E-state index in [0.717, 1.165) is 6.54 Å². The van der Waals surface area contributed by atoms with Crippen molar-refractivity contribution >= 4 is 6.09 Å². The summed E-state index contributed by atoms with van der Waals surface area (Å²) in [7, 11) is 2.00. The van der Waals surface area contributed by atoms with Crippen LogP contribution in [0.4, 0.5) is 4.79 Å². The zero-order valence-electron chi connectivity index (χ0n) is 12.5. The molecule has 0 aromatic carbocycles. The fourth-order valence-electron chi connectivity index (χ4n) is 1.58. The van der Waals surface area contributed by atoms with Crippen molar-refractivity contribution in [3.63, 3.8) is 0 Å². The van der Waals surface area contributed by atoms with Crippen molar-refractivity contribution in [3.8, 4) is 0 Å². The third kappa shape index (κ3) is 6.86. The number of aryl methyl sites for hydroxylation is 1. The predicted octanol–water partition coefficient (Wildman–Crippen LogP) is 2.03. The number of ether oxygens (including phenoxy) is 1. The number of hydrogen-bond acceptors (Lipinski definition) is 3. The van der Waals surface area contributed by atoms with Gasteiger partial charge in [0, 0.05) is 38.6 Å². The molecule has 0 bridgehead atoms. The molecular formula is C14H25N3O2. The fraction of sp³-hybridized carbons (Fsp3) is 0.643. The van der Waals surface area contributed by atoms with Gasteiger partial charge in [0.15, 0.2) is 0 Å². The summed E-state index contributed by atoms with van der Waals surface area (Å²) >= 11 is 0. The Hall–Kier alpha value is -1.49. The van der Waals surface area contributed by atoms with Crippen molar-refractivity contribution < 1.29 is 9.53 Å². The number of aromatic nitrogens is 1. The SMILES string of the molecule is CC(CNC(=O)OC(C)(C)C)NCc1ccn(C)c1. The van der Waals surface area contributed by atoms with Crippen LogP contribution in [0, 0.1) is 0 Å². The van der Waals surface area contributed by atoms with Crippen molar-refractivity contribution in [1.29, 1.82) is 0 Å². The molecule has 0 fully saturated rings. The minimum absolute atomic E-state index is 0.188. The highest BCUT2D eigenvalue weighted by molar-refractivity contribution is 5.67. The molecule has 1 aromatic rings. The van der Waals surface area contributed by atoms with E-state index in [1.165, 1.54) is 5.56 Å². The van der Waals surface area contributed by atoms with Gasteiger partial charge < -0.3 is 19.9 Å². The standard InChI is InChI=1S/C14H25N3O2/c1-11(8-16-13(18)19-14(2,3)4)15-9-12-6-7-17(5)10-12/h6-7,10-11,15H,8-9H2,1-5H3,(H,16,18). The van der Waals surface area contributed by atoms with Crippen LogP contribution in [0.5, 0.6) is 0 Å². The van der Waals surface area contributed by atoms with Gasteiger partial charge in [-0.2, -0.15) is 0 Å². The molecule has 0 saturated carbocycles. The van der Waals surface area contributed by atoms with Crippen LogP contribution in [0.2, 0.25) is 0 Å². The van der Waals surface area contributed by atoms with Crippen LogP contribution in [0.3, 0.4) is 0 Å². The Morgan fingerprint density at radius 3 is 2.68 bits per heavy atom. The summed E-state index contributed by atoms with van der Waals surface area (Å²) in [5, 5.41) is 6.10. The molecule has 5 heteroatoms. The molecule has 1 unspecified atom stereocenters. The van der Waals surface area contributed by atoms with Crippen LogP contribution in [-0.4, -0.2) is 28.8 Å².